The molecule has 0 unspecified atom stereocenters. The molecule has 162 valence electrons. The number of piperidine rings is 1. The van der Waals surface area contributed by atoms with Gasteiger partial charge in [0.2, 0.25) is 5.91 Å². The molecule has 11 nitrogen and oxygen atoms in total. The smallest absolute Gasteiger partial charge is 0.228 e. The number of amides is 1. The van der Waals surface area contributed by atoms with Crippen molar-refractivity contribution in [1.29, 1.82) is 0 Å². The molecule has 0 bridgehead atoms. The van der Waals surface area contributed by atoms with Gasteiger partial charge in [-0.05, 0) is 38.0 Å². The van der Waals surface area contributed by atoms with Crippen molar-refractivity contribution >= 4 is 17.5 Å². The third-order valence-corrected chi connectivity index (χ3v) is 5.54. The highest BCUT2D eigenvalue weighted by Crippen LogP contribution is 2.23. The van der Waals surface area contributed by atoms with Crippen LogP contribution in [0.1, 0.15) is 18.7 Å². The highest BCUT2D eigenvalue weighted by atomic mass is 16.2. The molecule has 32 heavy (non-hydrogen) atoms. The first-order chi connectivity index (χ1) is 15.7. The second-order valence-electron chi connectivity index (χ2n) is 7.56. The minimum absolute atomic E-state index is 0.0308. The molecule has 1 saturated heterocycles. The van der Waals surface area contributed by atoms with E-state index in [4.69, 9.17) is 0 Å². The molecule has 0 spiro atoms. The summed E-state index contributed by atoms with van der Waals surface area (Å²) in [5.74, 6) is 3.31. The average molecular weight is 430 g/mol. The Morgan fingerprint density at radius 2 is 1.81 bits per heavy atom. The number of anilines is 2. The summed E-state index contributed by atoms with van der Waals surface area (Å²) in [6, 6.07) is 7.42. The molecule has 4 aromatic rings. The number of aromatic nitrogens is 8. The number of carbonyl (C=O) groups excluding carboxylic acids is 1. The fraction of sp³-hybridized carbons (Fsp3) is 0.286. The van der Waals surface area contributed by atoms with Gasteiger partial charge in [0, 0.05) is 49.9 Å². The first-order valence-electron chi connectivity index (χ1n) is 10.4. The summed E-state index contributed by atoms with van der Waals surface area (Å²) in [7, 11) is 0. The summed E-state index contributed by atoms with van der Waals surface area (Å²) in [5.41, 5.74) is 0. The van der Waals surface area contributed by atoms with Gasteiger partial charge >= 0.3 is 0 Å². The first-order valence-corrected chi connectivity index (χ1v) is 10.4. The Bertz CT molecular complexity index is 1190. The average Bonchev–Trinajstić information content (AvgIpc) is 3.52. The molecule has 5 rings (SSSR count). The van der Waals surface area contributed by atoms with E-state index in [0.717, 1.165) is 37.6 Å². The third-order valence-electron chi connectivity index (χ3n) is 5.54. The third kappa shape index (κ3) is 4.04. The molecule has 1 amide bonds. The summed E-state index contributed by atoms with van der Waals surface area (Å²) in [4.78, 5) is 27.6. The van der Waals surface area contributed by atoms with Gasteiger partial charge in [-0.1, -0.05) is 0 Å². The summed E-state index contributed by atoms with van der Waals surface area (Å²) >= 11 is 0. The van der Waals surface area contributed by atoms with Crippen LogP contribution >= 0.6 is 0 Å². The Kier molecular flexibility index (Phi) is 5.28. The molecule has 1 fully saturated rings. The first kappa shape index (κ1) is 19.8. The summed E-state index contributed by atoms with van der Waals surface area (Å²) in [6.45, 7) is 3.36. The van der Waals surface area contributed by atoms with Gasteiger partial charge in [-0.3, -0.25) is 9.36 Å². The summed E-state index contributed by atoms with van der Waals surface area (Å²) in [5, 5.41) is 15.7. The zero-order valence-electron chi connectivity index (χ0n) is 17.5. The fourth-order valence-corrected chi connectivity index (χ4v) is 3.78. The summed E-state index contributed by atoms with van der Waals surface area (Å²) < 4.78 is 3.51. The topological polar surface area (TPSA) is 120 Å². The Morgan fingerprint density at radius 1 is 1.00 bits per heavy atom. The van der Waals surface area contributed by atoms with Crippen LogP contribution in [0, 0.1) is 12.8 Å². The Labute approximate surface area is 184 Å². The quantitative estimate of drug-likeness (QED) is 0.509. The second kappa shape index (κ2) is 8.53. The van der Waals surface area contributed by atoms with Crippen molar-refractivity contribution in [3.05, 3.63) is 61.2 Å². The number of hydrogen-bond donors (Lipinski definition) is 1. The molecule has 0 atom stereocenters. The zero-order chi connectivity index (χ0) is 21.9. The molecule has 4 aromatic heterocycles. The van der Waals surface area contributed by atoms with Crippen LogP contribution in [-0.2, 0) is 4.79 Å². The minimum atomic E-state index is -0.0871. The molecule has 1 N–H and O–H groups in total. The SMILES string of the molecule is Cc1nccn1-c1cc(NC(=O)C2CCN(c3ccc(-n4cccn4)nn3)CC2)ncn1. The van der Waals surface area contributed by atoms with Crippen molar-refractivity contribution in [2.24, 2.45) is 5.92 Å². The van der Waals surface area contributed by atoms with Gasteiger partial charge < -0.3 is 10.2 Å². The standard InChI is InChI=1S/C21H22N10O/c1-15-22-8-12-30(15)20-13-17(23-14-24-20)26-21(32)16-5-10-29(11-6-16)18-3-4-19(28-27-18)31-9-2-7-25-31/h2-4,7-9,12-14,16H,5-6,10-11H2,1H3,(H,23,24,26,32). The van der Waals surface area contributed by atoms with Crippen LogP contribution in [0.25, 0.3) is 11.6 Å². The van der Waals surface area contributed by atoms with E-state index in [9.17, 15) is 4.79 Å². The molecule has 1 aliphatic rings. The Balaban J connectivity index is 1.19. The lowest BCUT2D eigenvalue weighted by atomic mass is 9.96. The van der Waals surface area contributed by atoms with Gasteiger partial charge in [0.05, 0.1) is 0 Å². The van der Waals surface area contributed by atoms with E-state index in [0.29, 0.717) is 17.5 Å². The molecule has 0 saturated carbocycles. The maximum atomic E-state index is 12.8. The highest BCUT2D eigenvalue weighted by Gasteiger charge is 2.26. The van der Waals surface area contributed by atoms with Crippen LogP contribution in [0.15, 0.2) is 55.4 Å². The Morgan fingerprint density at radius 3 is 2.50 bits per heavy atom. The lowest BCUT2D eigenvalue weighted by Gasteiger charge is -2.31. The normalized spacial score (nSPS) is 14.5. The number of aryl methyl sites for hydroxylation is 1. The van der Waals surface area contributed by atoms with Crippen LogP contribution in [-0.4, -0.2) is 58.5 Å². The van der Waals surface area contributed by atoms with E-state index < -0.39 is 0 Å². The van der Waals surface area contributed by atoms with Crippen molar-refractivity contribution < 1.29 is 4.79 Å². The van der Waals surface area contributed by atoms with Gasteiger partial charge in [0.15, 0.2) is 11.6 Å². The highest BCUT2D eigenvalue weighted by molar-refractivity contribution is 5.92. The van der Waals surface area contributed by atoms with Crippen molar-refractivity contribution in [2.75, 3.05) is 23.3 Å². The minimum Gasteiger partial charge on any atom is -0.355 e. The van der Waals surface area contributed by atoms with Gasteiger partial charge in [-0.2, -0.15) is 5.10 Å². The molecule has 11 heteroatoms. The number of carbonyl (C=O) groups is 1. The van der Waals surface area contributed by atoms with Gasteiger partial charge in [-0.25, -0.2) is 19.6 Å². The van der Waals surface area contributed by atoms with E-state index in [1.807, 2.05) is 42.1 Å². The predicted octanol–water partition coefficient (Wildman–Crippen LogP) is 1.80. The van der Waals surface area contributed by atoms with Crippen LogP contribution in [0.4, 0.5) is 11.6 Å². The van der Waals surface area contributed by atoms with Crippen LogP contribution in [0.2, 0.25) is 0 Å². The fourth-order valence-electron chi connectivity index (χ4n) is 3.78. The molecule has 0 aliphatic carbocycles. The maximum Gasteiger partial charge on any atom is 0.228 e. The molecule has 0 aromatic carbocycles. The van der Waals surface area contributed by atoms with Gasteiger partial charge in [0.1, 0.15) is 23.8 Å². The van der Waals surface area contributed by atoms with Crippen molar-refractivity contribution in [2.45, 2.75) is 19.8 Å². The Hall–Kier alpha value is -4.15. The zero-order valence-corrected chi connectivity index (χ0v) is 17.5. The predicted molar refractivity (Wildman–Crippen MR) is 117 cm³/mol. The van der Waals surface area contributed by atoms with Crippen molar-refractivity contribution in [1.82, 2.24) is 39.5 Å². The molecule has 5 heterocycles. The van der Waals surface area contributed by atoms with Crippen LogP contribution in [0.3, 0.4) is 0 Å². The van der Waals surface area contributed by atoms with E-state index >= 15 is 0 Å². The summed E-state index contributed by atoms with van der Waals surface area (Å²) in [6.07, 6.45) is 9.96. The lowest BCUT2D eigenvalue weighted by Crippen LogP contribution is -2.38. The monoisotopic (exact) mass is 430 g/mol. The number of imidazole rings is 1. The second-order valence-corrected chi connectivity index (χ2v) is 7.56. The van der Waals surface area contributed by atoms with E-state index in [1.54, 1.807) is 23.1 Å². The molecular weight excluding hydrogens is 408 g/mol. The number of hydrogen-bond acceptors (Lipinski definition) is 8. The van der Waals surface area contributed by atoms with Crippen LogP contribution in [0.5, 0.6) is 0 Å². The van der Waals surface area contributed by atoms with Crippen LogP contribution < -0.4 is 10.2 Å². The van der Waals surface area contributed by atoms with Crippen molar-refractivity contribution in [3.63, 3.8) is 0 Å². The number of nitrogens with one attached hydrogen (secondary N) is 1. The van der Waals surface area contributed by atoms with Crippen molar-refractivity contribution in [3.8, 4) is 11.6 Å². The number of rotatable bonds is 5. The molecular formula is C21H22N10O. The lowest BCUT2D eigenvalue weighted by molar-refractivity contribution is -0.120. The molecule has 1 aliphatic heterocycles. The molecule has 0 radical (unpaired) electrons. The van der Waals surface area contributed by atoms with Gasteiger partial charge in [-0.15, -0.1) is 10.2 Å². The van der Waals surface area contributed by atoms with E-state index in [-0.39, 0.29) is 11.8 Å². The maximum absolute atomic E-state index is 12.8. The number of nitrogens with zero attached hydrogens (tertiary/aromatic N) is 9. The largest absolute Gasteiger partial charge is 0.355 e. The van der Waals surface area contributed by atoms with E-state index in [2.05, 4.69) is 40.5 Å². The van der Waals surface area contributed by atoms with Gasteiger partial charge in [0.25, 0.3) is 0 Å². The van der Waals surface area contributed by atoms with E-state index in [1.165, 1.54) is 6.33 Å².